The van der Waals surface area contributed by atoms with Crippen molar-refractivity contribution < 1.29 is 19.5 Å². The largest absolute Gasteiger partial charge is 0.481 e. The molecule has 0 aromatic carbocycles. The van der Waals surface area contributed by atoms with Gasteiger partial charge in [0.1, 0.15) is 6.54 Å². The molecule has 0 spiro atoms. The molecule has 1 unspecified atom stereocenters. The lowest BCUT2D eigenvalue weighted by Crippen LogP contribution is -2.36. The second kappa shape index (κ2) is 11.0. The second-order valence-electron chi connectivity index (χ2n) is 6.30. The summed E-state index contributed by atoms with van der Waals surface area (Å²) >= 11 is 0. The number of aliphatic hydroxyl groups is 1. The summed E-state index contributed by atoms with van der Waals surface area (Å²) in [7, 11) is 6.16. The van der Waals surface area contributed by atoms with Gasteiger partial charge in [0, 0.05) is 6.42 Å². The van der Waals surface area contributed by atoms with E-state index in [1.165, 1.54) is 5.57 Å². The summed E-state index contributed by atoms with van der Waals surface area (Å²) in [6.45, 7) is 7.21. The maximum atomic E-state index is 10.3. The number of carbonyl (C=O) groups is 1. The van der Waals surface area contributed by atoms with E-state index in [0.717, 1.165) is 23.9 Å². The maximum Gasteiger partial charge on any atom is 0.303 e. The molecule has 0 saturated heterocycles. The molecule has 2 N–H and O–H groups in total. The molecule has 0 fully saturated rings. The lowest BCUT2D eigenvalue weighted by Gasteiger charge is -2.21. The van der Waals surface area contributed by atoms with Crippen molar-refractivity contribution in [2.75, 3.05) is 34.3 Å². The average Bonchev–Trinajstić information content (AvgIpc) is 2.14. The monoisotopic (exact) mass is 274 g/mol. The molecule has 0 bridgehead atoms. The van der Waals surface area contributed by atoms with Crippen LogP contribution in [0.3, 0.4) is 0 Å². The van der Waals surface area contributed by atoms with Crippen molar-refractivity contribution in [2.45, 2.75) is 40.0 Å². The Balaban J connectivity index is 0. The van der Waals surface area contributed by atoms with E-state index in [2.05, 4.69) is 41.1 Å². The van der Waals surface area contributed by atoms with Crippen LogP contribution in [0.2, 0.25) is 0 Å². The van der Waals surface area contributed by atoms with Crippen molar-refractivity contribution in [3.8, 4) is 0 Å². The summed E-state index contributed by atoms with van der Waals surface area (Å²) in [6.07, 6.45) is 4.41. The Morgan fingerprint density at radius 3 is 2.05 bits per heavy atom. The van der Waals surface area contributed by atoms with E-state index in [-0.39, 0.29) is 18.9 Å². The first-order chi connectivity index (χ1) is 8.58. The molecule has 1 atom stereocenters. The number of hydrogen-bond acceptors (Lipinski definition) is 2. The Kier molecular flexibility index (Phi) is 11.8. The van der Waals surface area contributed by atoms with Crippen LogP contribution < -0.4 is 0 Å². The van der Waals surface area contributed by atoms with Crippen molar-refractivity contribution in [3.05, 3.63) is 11.6 Å². The van der Waals surface area contributed by atoms with Crippen LogP contribution in [0.15, 0.2) is 11.6 Å². The van der Waals surface area contributed by atoms with E-state index in [1.54, 1.807) is 0 Å². The van der Waals surface area contributed by atoms with E-state index in [4.69, 9.17) is 10.2 Å². The first-order valence-corrected chi connectivity index (χ1v) is 6.85. The van der Waals surface area contributed by atoms with Gasteiger partial charge in [0.2, 0.25) is 0 Å². The summed E-state index contributed by atoms with van der Waals surface area (Å²) in [4.78, 5) is 10.3. The van der Waals surface area contributed by atoms with Crippen LogP contribution in [0.5, 0.6) is 0 Å². The third-order valence-corrected chi connectivity index (χ3v) is 2.51. The molecule has 4 nitrogen and oxygen atoms in total. The molecule has 0 aliphatic carbocycles. The Labute approximate surface area is 118 Å². The van der Waals surface area contributed by atoms with Crippen LogP contribution >= 0.6 is 0 Å². The van der Waals surface area contributed by atoms with Gasteiger partial charge in [-0.1, -0.05) is 18.6 Å². The summed E-state index contributed by atoms with van der Waals surface area (Å²) in [5.41, 5.74) is 1.30. The van der Waals surface area contributed by atoms with Crippen molar-refractivity contribution >= 4 is 5.97 Å². The molecule has 0 heterocycles. The van der Waals surface area contributed by atoms with E-state index >= 15 is 0 Å². The van der Waals surface area contributed by atoms with Gasteiger partial charge in [-0.2, -0.15) is 0 Å². The maximum absolute atomic E-state index is 10.3. The number of carboxylic acid groups (broad SMARTS) is 1. The normalized spacial score (nSPS) is 12.2. The Morgan fingerprint density at radius 2 is 1.79 bits per heavy atom. The van der Waals surface area contributed by atoms with Gasteiger partial charge in [-0.3, -0.25) is 4.79 Å². The topological polar surface area (TPSA) is 57.5 Å². The molecule has 0 radical (unpaired) electrons. The highest BCUT2D eigenvalue weighted by molar-refractivity contribution is 5.66. The highest BCUT2D eigenvalue weighted by atomic mass is 16.4. The fraction of sp³-hybridized carbons (Fsp3) is 0.800. The molecular formula is C15H32NO3+. The third kappa shape index (κ3) is 22.7. The third-order valence-electron chi connectivity index (χ3n) is 2.51. The molecule has 19 heavy (non-hydrogen) atoms. The summed E-state index contributed by atoms with van der Waals surface area (Å²) in [5, 5.41) is 16.9. The number of nitrogens with zero attached hydrogens (tertiary/aromatic N) is 1. The predicted molar refractivity (Wildman–Crippen MR) is 80.1 cm³/mol. The number of quaternary nitrogens is 1. The fourth-order valence-electron chi connectivity index (χ4n) is 1.36. The summed E-state index contributed by atoms with van der Waals surface area (Å²) in [5.74, 6) is -0.405. The molecule has 0 aromatic rings. The van der Waals surface area contributed by atoms with Gasteiger partial charge in [-0.15, -0.1) is 0 Å². The minimum Gasteiger partial charge on any atom is -0.481 e. The second-order valence-corrected chi connectivity index (χ2v) is 6.30. The molecule has 114 valence electrons. The Morgan fingerprint density at radius 1 is 1.26 bits per heavy atom. The van der Waals surface area contributed by atoms with Gasteiger partial charge in [0.25, 0.3) is 0 Å². The van der Waals surface area contributed by atoms with Crippen molar-refractivity contribution in [1.82, 2.24) is 0 Å². The van der Waals surface area contributed by atoms with Gasteiger partial charge in [-0.05, 0) is 32.6 Å². The zero-order valence-corrected chi connectivity index (χ0v) is 13.4. The van der Waals surface area contributed by atoms with Crippen LogP contribution in [0, 0.1) is 5.92 Å². The molecule has 0 aliphatic rings. The van der Waals surface area contributed by atoms with E-state index in [0.29, 0.717) is 0 Å². The molecule has 0 amide bonds. The van der Waals surface area contributed by atoms with E-state index in [9.17, 15) is 4.79 Å². The zero-order chi connectivity index (χ0) is 15.5. The Hall–Kier alpha value is -0.870. The van der Waals surface area contributed by atoms with Crippen LogP contribution in [0.4, 0.5) is 0 Å². The molecule has 0 saturated carbocycles. The van der Waals surface area contributed by atoms with Crippen LogP contribution in [-0.4, -0.2) is 55.0 Å². The quantitative estimate of drug-likeness (QED) is 0.554. The van der Waals surface area contributed by atoms with Crippen molar-refractivity contribution in [3.63, 3.8) is 0 Å². The zero-order valence-electron chi connectivity index (χ0n) is 13.4. The van der Waals surface area contributed by atoms with E-state index < -0.39 is 5.97 Å². The van der Waals surface area contributed by atoms with Crippen molar-refractivity contribution in [2.24, 2.45) is 5.92 Å². The fourth-order valence-corrected chi connectivity index (χ4v) is 1.36. The lowest BCUT2D eigenvalue weighted by atomic mass is 10.0. The minimum atomic E-state index is -0.695. The number of carboxylic acids is 1. The minimum absolute atomic E-state index is 0.281. The highest BCUT2D eigenvalue weighted by Gasteiger charge is 2.05. The van der Waals surface area contributed by atoms with Crippen molar-refractivity contribution in [1.29, 1.82) is 0 Å². The van der Waals surface area contributed by atoms with Gasteiger partial charge in [0.05, 0.1) is 27.7 Å². The molecule has 4 heteroatoms. The number of aliphatic hydroxyl groups excluding tert-OH is 1. The summed E-state index contributed by atoms with van der Waals surface area (Å²) < 4.78 is 0.844. The van der Waals surface area contributed by atoms with Gasteiger partial charge < -0.3 is 14.7 Å². The molecule has 0 aliphatic heterocycles. The average molecular weight is 274 g/mol. The number of hydrogen-bond donors (Lipinski definition) is 2. The van der Waals surface area contributed by atoms with Gasteiger partial charge >= 0.3 is 5.97 Å². The number of allylic oxidation sites excluding steroid dienone is 2. The Bertz CT molecular complexity index is 263. The lowest BCUT2D eigenvalue weighted by molar-refractivity contribution is -0.870. The predicted octanol–water partition coefficient (Wildman–Crippen LogP) is 2.53. The SMILES string of the molecule is CC(C)=CCCC(C)CC(=O)O.C[N+](C)(C)CCO. The number of rotatable bonds is 7. The standard InChI is InChI=1S/C10H18O2.C5H14NO/c1-8(2)5-4-6-9(3)7-10(11)12;1-6(2,3)4-5-7/h5,9H,4,6-7H2,1-3H3,(H,11,12);7H,4-5H2,1-3H3/q;+1. The molecule has 0 aromatic heterocycles. The van der Waals surface area contributed by atoms with E-state index in [1.807, 2.05) is 6.92 Å². The first-order valence-electron chi connectivity index (χ1n) is 6.85. The first kappa shape index (κ1) is 20.4. The van der Waals surface area contributed by atoms with Crippen LogP contribution in [0.25, 0.3) is 0 Å². The summed E-state index contributed by atoms with van der Waals surface area (Å²) in [6, 6.07) is 0. The highest BCUT2D eigenvalue weighted by Crippen LogP contribution is 2.11. The molecule has 0 rings (SSSR count). The number of aliphatic carboxylic acids is 1. The van der Waals surface area contributed by atoms with Gasteiger partial charge in [0.15, 0.2) is 0 Å². The number of likely N-dealkylation sites (N-methyl/N-ethyl adjacent to an activating group) is 1. The molecular weight excluding hydrogens is 242 g/mol. The van der Waals surface area contributed by atoms with Crippen LogP contribution in [-0.2, 0) is 4.79 Å². The van der Waals surface area contributed by atoms with Crippen LogP contribution in [0.1, 0.15) is 40.0 Å². The smallest absolute Gasteiger partial charge is 0.303 e. The van der Waals surface area contributed by atoms with Gasteiger partial charge in [-0.25, -0.2) is 0 Å².